The Hall–Kier alpha value is -2.53. The fourth-order valence-corrected chi connectivity index (χ4v) is 6.63. The minimum Gasteiger partial charge on any atom is -0.494 e. The fourth-order valence-electron chi connectivity index (χ4n) is 4.10. The summed E-state index contributed by atoms with van der Waals surface area (Å²) < 4.78 is 33.8. The molecule has 188 valence electrons. The van der Waals surface area contributed by atoms with E-state index in [-0.39, 0.29) is 10.8 Å². The Kier molecular flexibility index (Phi) is 8.05. The number of carbonyl (C=O) groups excluding carboxylic acids is 1. The van der Waals surface area contributed by atoms with E-state index in [2.05, 4.69) is 4.90 Å². The zero-order valence-corrected chi connectivity index (χ0v) is 22.1. The van der Waals surface area contributed by atoms with E-state index >= 15 is 0 Å². The van der Waals surface area contributed by atoms with Crippen molar-refractivity contribution in [2.75, 3.05) is 51.8 Å². The van der Waals surface area contributed by atoms with E-state index in [1.54, 1.807) is 17.0 Å². The number of ether oxygens (including phenoxy) is 1. The van der Waals surface area contributed by atoms with Crippen molar-refractivity contribution in [3.8, 4) is 5.75 Å². The molecule has 2 aromatic carbocycles. The highest BCUT2D eigenvalue weighted by Crippen LogP contribution is 2.32. The van der Waals surface area contributed by atoms with Crippen molar-refractivity contribution in [1.29, 1.82) is 0 Å². The first-order chi connectivity index (χ1) is 16.8. The topological polar surface area (TPSA) is 83.0 Å². The monoisotopic (exact) mass is 516 g/mol. The van der Waals surface area contributed by atoms with Crippen LogP contribution >= 0.6 is 11.3 Å². The molecule has 0 atom stereocenters. The van der Waals surface area contributed by atoms with Gasteiger partial charge in [-0.2, -0.15) is 4.31 Å². The van der Waals surface area contributed by atoms with Crippen molar-refractivity contribution in [3.63, 3.8) is 0 Å². The first-order valence-corrected chi connectivity index (χ1v) is 14.2. The van der Waals surface area contributed by atoms with Crippen molar-refractivity contribution in [3.05, 3.63) is 48.0 Å². The van der Waals surface area contributed by atoms with Gasteiger partial charge in [0, 0.05) is 25.2 Å². The minimum absolute atomic E-state index is 0.196. The molecule has 3 aromatic rings. The SMILES string of the molecule is CCOc1ccc2nc(N(CCCN(C)C)C(=O)c3ccc(S(=O)(=O)N4CCCC4)cc3)sc2c1. The van der Waals surface area contributed by atoms with Gasteiger partial charge >= 0.3 is 0 Å². The quantitative estimate of drug-likeness (QED) is 0.404. The lowest BCUT2D eigenvalue weighted by Crippen LogP contribution is -2.33. The van der Waals surface area contributed by atoms with Crippen molar-refractivity contribution in [1.82, 2.24) is 14.2 Å². The zero-order chi connectivity index (χ0) is 25.0. The third-order valence-electron chi connectivity index (χ3n) is 5.93. The van der Waals surface area contributed by atoms with E-state index in [0.717, 1.165) is 41.8 Å². The number of aromatic nitrogens is 1. The summed E-state index contributed by atoms with van der Waals surface area (Å²) in [6.45, 7) is 4.95. The molecule has 2 heterocycles. The Morgan fingerprint density at radius 2 is 1.80 bits per heavy atom. The number of amides is 1. The molecule has 0 radical (unpaired) electrons. The summed E-state index contributed by atoms with van der Waals surface area (Å²) in [6, 6.07) is 12.0. The zero-order valence-electron chi connectivity index (χ0n) is 20.4. The Bertz CT molecular complexity index is 1270. The third kappa shape index (κ3) is 5.83. The average Bonchev–Trinajstić information content (AvgIpc) is 3.52. The molecule has 1 aromatic heterocycles. The van der Waals surface area contributed by atoms with Gasteiger partial charge < -0.3 is 9.64 Å². The lowest BCUT2D eigenvalue weighted by atomic mass is 10.2. The molecule has 0 spiro atoms. The molecule has 1 fully saturated rings. The molecule has 35 heavy (non-hydrogen) atoms. The maximum atomic E-state index is 13.6. The maximum Gasteiger partial charge on any atom is 0.260 e. The maximum absolute atomic E-state index is 13.6. The molecule has 10 heteroatoms. The molecule has 1 saturated heterocycles. The molecule has 0 unspecified atom stereocenters. The van der Waals surface area contributed by atoms with E-state index in [0.29, 0.717) is 36.9 Å². The van der Waals surface area contributed by atoms with Gasteiger partial charge in [0.1, 0.15) is 5.75 Å². The predicted octanol–water partition coefficient (Wildman–Crippen LogP) is 4.08. The normalized spacial score (nSPS) is 14.6. The summed E-state index contributed by atoms with van der Waals surface area (Å²) in [7, 11) is 0.475. The van der Waals surface area contributed by atoms with Crippen molar-refractivity contribution < 1.29 is 17.9 Å². The first-order valence-electron chi connectivity index (χ1n) is 11.9. The first kappa shape index (κ1) is 25.6. The number of sulfonamides is 1. The van der Waals surface area contributed by atoms with Crippen LogP contribution in [0.1, 0.15) is 36.5 Å². The number of fused-ring (bicyclic) bond motifs is 1. The second-order valence-electron chi connectivity index (χ2n) is 8.81. The number of rotatable bonds is 10. The van der Waals surface area contributed by atoms with Crippen LogP contribution in [-0.4, -0.2) is 75.4 Å². The standard InChI is InChI=1S/C25H32N4O4S2/c1-4-33-20-10-13-22-23(18-20)34-25(26-22)29(17-7-14-27(2)3)24(30)19-8-11-21(12-9-19)35(31,32)28-15-5-6-16-28/h8-13,18H,4-7,14-17H2,1-3H3. The Labute approximate surface area is 211 Å². The van der Waals surface area contributed by atoms with Crippen LogP contribution in [0.25, 0.3) is 10.2 Å². The summed E-state index contributed by atoms with van der Waals surface area (Å²) in [5.41, 5.74) is 1.25. The molecule has 1 amide bonds. The number of carbonyl (C=O) groups is 1. The van der Waals surface area contributed by atoms with Gasteiger partial charge in [0.05, 0.1) is 21.7 Å². The van der Waals surface area contributed by atoms with E-state index < -0.39 is 10.0 Å². The lowest BCUT2D eigenvalue weighted by Gasteiger charge is -2.21. The molecule has 1 aliphatic rings. The van der Waals surface area contributed by atoms with Gasteiger partial charge in [-0.15, -0.1) is 0 Å². The molecule has 0 aliphatic carbocycles. The minimum atomic E-state index is -3.52. The summed E-state index contributed by atoms with van der Waals surface area (Å²) >= 11 is 1.45. The van der Waals surface area contributed by atoms with Gasteiger partial charge in [-0.05, 0) is 89.3 Å². The fraction of sp³-hybridized carbons (Fsp3) is 0.440. The largest absolute Gasteiger partial charge is 0.494 e. The molecule has 0 bridgehead atoms. The van der Waals surface area contributed by atoms with E-state index in [1.807, 2.05) is 39.2 Å². The highest BCUT2D eigenvalue weighted by Gasteiger charge is 2.28. The van der Waals surface area contributed by atoms with Crippen molar-refractivity contribution in [2.45, 2.75) is 31.1 Å². The second kappa shape index (κ2) is 11.0. The number of hydrogen-bond donors (Lipinski definition) is 0. The molecular formula is C25H32N4O4S2. The number of thiazole rings is 1. The highest BCUT2D eigenvalue weighted by atomic mass is 32.2. The van der Waals surface area contributed by atoms with Gasteiger partial charge in [0.2, 0.25) is 10.0 Å². The third-order valence-corrected chi connectivity index (χ3v) is 8.88. The highest BCUT2D eigenvalue weighted by molar-refractivity contribution is 7.89. The molecule has 0 N–H and O–H groups in total. The smallest absolute Gasteiger partial charge is 0.260 e. The molecule has 0 saturated carbocycles. The molecule has 4 rings (SSSR count). The van der Waals surface area contributed by atoms with Crippen LogP contribution in [0.2, 0.25) is 0 Å². The van der Waals surface area contributed by atoms with Crippen molar-refractivity contribution in [2.24, 2.45) is 0 Å². The number of nitrogens with zero attached hydrogens (tertiary/aromatic N) is 4. The number of anilines is 1. The van der Waals surface area contributed by atoms with Crippen LogP contribution in [0.15, 0.2) is 47.4 Å². The molecule has 1 aliphatic heterocycles. The summed E-state index contributed by atoms with van der Waals surface area (Å²) in [6.07, 6.45) is 2.54. The van der Waals surface area contributed by atoms with Crippen LogP contribution in [0.3, 0.4) is 0 Å². The van der Waals surface area contributed by atoms with Crippen LogP contribution < -0.4 is 9.64 Å². The molecular weight excluding hydrogens is 484 g/mol. The Morgan fingerprint density at radius 1 is 1.09 bits per heavy atom. The summed E-state index contributed by atoms with van der Waals surface area (Å²) in [5.74, 6) is 0.577. The average molecular weight is 517 g/mol. The lowest BCUT2D eigenvalue weighted by molar-refractivity contribution is 0.0986. The Morgan fingerprint density at radius 3 is 2.46 bits per heavy atom. The predicted molar refractivity (Wildman–Crippen MR) is 140 cm³/mol. The summed E-state index contributed by atoms with van der Waals surface area (Å²) in [5, 5.41) is 0.617. The van der Waals surface area contributed by atoms with Gasteiger partial charge in [-0.1, -0.05) is 11.3 Å². The van der Waals surface area contributed by atoms with Crippen molar-refractivity contribution >= 4 is 42.6 Å². The molecule has 8 nitrogen and oxygen atoms in total. The Balaban J connectivity index is 1.61. The van der Waals surface area contributed by atoms with Crippen LogP contribution in [0, 0.1) is 0 Å². The summed E-state index contributed by atoms with van der Waals surface area (Å²) in [4.78, 5) is 22.3. The van der Waals surface area contributed by atoms with E-state index in [1.165, 1.54) is 27.8 Å². The van der Waals surface area contributed by atoms with Crippen LogP contribution in [0.5, 0.6) is 5.75 Å². The number of hydrogen-bond acceptors (Lipinski definition) is 7. The van der Waals surface area contributed by atoms with Crippen LogP contribution in [0.4, 0.5) is 5.13 Å². The van der Waals surface area contributed by atoms with Gasteiger partial charge in [0.25, 0.3) is 5.91 Å². The van der Waals surface area contributed by atoms with E-state index in [9.17, 15) is 13.2 Å². The van der Waals surface area contributed by atoms with Gasteiger partial charge in [0.15, 0.2) is 5.13 Å². The second-order valence-corrected chi connectivity index (χ2v) is 11.8. The van der Waals surface area contributed by atoms with E-state index in [4.69, 9.17) is 9.72 Å². The van der Waals surface area contributed by atoms with Gasteiger partial charge in [-0.25, -0.2) is 13.4 Å². The van der Waals surface area contributed by atoms with Crippen LogP contribution in [-0.2, 0) is 10.0 Å². The number of benzene rings is 2. The van der Waals surface area contributed by atoms with Gasteiger partial charge in [-0.3, -0.25) is 9.69 Å².